The second kappa shape index (κ2) is 6.74. The maximum Gasteiger partial charge on any atom is -0.00163 e. The zero-order chi connectivity index (χ0) is 16.5. The van der Waals surface area contributed by atoms with Gasteiger partial charge in [-0.15, -0.1) is 0 Å². The highest BCUT2D eigenvalue weighted by atomic mass is 15.1. The molecule has 0 radical (unpaired) electrons. The predicted molar refractivity (Wildman–Crippen MR) is 98.0 cm³/mol. The molecule has 0 atom stereocenters. The van der Waals surface area contributed by atoms with Gasteiger partial charge in [0.15, 0.2) is 0 Å². The summed E-state index contributed by atoms with van der Waals surface area (Å²) >= 11 is 0. The number of hydrogen-bond donors (Lipinski definition) is 0. The van der Waals surface area contributed by atoms with E-state index in [0.717, 1.165) is 0 Å². The first-order chi connectivity index (χ1) is 10.3. The first-order valence-electron chi connectivity index (χ1n) is 9.06. The van der Waals surface area contributed by atoms with Crippen molar-refractivity contribution >= 4 is 0 Å². The minimum Gasteiger partial charge on any atom is -0.306 e. The summed E-state index contributed by atoms with van der Waals surface area (Å²) in [6.45, 7) is 18.4. The van der Waals surface area contributed by atoms with Crippen molar-refractivity contribution in [3.8, 4) is 0 Å². The normalized spacial score (nSPS) is 23.2. The van der Waals surface area contributed by atoms with Crippen molar-refractivity contribution in [2.24, 2.45) is 17.3 Å². The Balaban J connectivity index is 2.34. The largest absolute Gasteiger partial charge is 0.306 e. The van der Waals surface area contributed by atoms with E-state index in [1.165, 1.54) is 44.3 Å². The number of likely N-dealkylation sites (tertiary alicyclic amines) is 1. The van der Waals surface area contributed by atoms with E-state index in [1.807, 2.05) is 0 Å². The van der Waals surface area contributed by atoms with E-state index < -0.39 is 0 Å². The quantitative estimate of drug-likeness (QED) is 0.653. The lowest BCUT2D eigenvalue weighted by atomic mass is 9.74. The maximum absolute atomic E-state index is 4.46. The smallest absolute Gasteiger partial charge is 0.00163 e. The van der Waals surface area contributed by atoms with Crippen LogP contribution in [0, 0.1) is 17.3 Å². The van der Waals surface area contributed by atoms with Gasteiger partial charge >= 0.3 is 0 Å². The van der Waals surface area contributed by atoms with Gasteiger partial charge in [0.05, 0.1) is 0 Å². The number of piperidine rings is 1. The molecule has 1 aliphatic heterocycles. The molecule has 0 amide bonds. The summed E-state index contributed by atoms with van der Waals surface area (Å²) < 4.78 is 0. The van der Waals surface area contributed by atoms with E-state index in [4.69, 9.17) is 0 Å². The lowest BCUT2D eigenvalue weighted by Gasteiger charge is -2.38. The average molecular weight is 302 g/mol. The molecule has 0 N–H and O–H groups in total. The van der Waals surface area contributed by atoms with E-state index in [9.17, 15) is 0 Å². The van der Waals surface area contributed by atoms with Crippen molar-refractivity contribution in [3.63, 3.8) is 0 Å². The highest BCUT2D eigenvalue weighted by Crippen LogP contribution is 2.53. The van der Waals surface area contributed by atoms with E-state index in [-0.39, 0.29) is 0 Å². The lowest BCUT2D eigenvalue weighted by molar-refractivity contribution is 0.131. The topological polar surface area (TPSA) is 3.24 Å². The third kappa shape index (κ3) is 3.40. The van der Waals surface area contributed by atoms with Crippen molar-refractivity contribution in [3.05, 3.63) is 34.9 Å². The highest BCUT2D eigenvalue weighted by Gasteiger charge is 2.42. The molecule has 1 aliphatic carbocycles. The molecular formula is C21H35N. The van der Waals surface area contributed by atoms with E-state index >= 15 is 0 Å². The number of hydrogen-bond acceptors (Lipinski definition) is 1. The van der Waals surface area contributed by atoms with Gasteiger partial charge in [-0.1, -0.05) is 40.3 Å². The molecule has 0 saturated carbocycles. The van der Waals surface area contributed by atoms with Crippen molar-refractivity contribution in [2.75, 3.05) is 20.1 Å². The van der Waals surface area contributed by atoms with Gasteiger partial charge in [0, 0.05) is 0 Å². The van der Waals surface area contributed by atoms with Crippen LogP contribution in [-0.2, 0) is 0 Å². The van der Waals surface area contributed by atoms with Gasteiger partial charge in [0.25, 0.3) is 0 Å². The van der Waals surface area contributed by atoms with Crippen LogP contribution in [0.1, 0.15) is 60.3 Å². The maximum atomic E-state index is 4.46. The van der Waals surface area contributed by atoms with Crippen molar-refractivity contribution in [1.82, 2.24) is 4.90 Å². The Labute approximate surface area is 138 Å². The minimum atomic E-state index is 0.512. The Morgan fingerprint density at radius 2 is 1.59 bits per heavy atom. The van der Waals surface area contributed by atoms with Gasteiger partial charge in [-0.05, 0) is 92.3 Å². The third-order valence-electron chi connectivity index (χ3n) is 5.88. The van der Waals surface area contributed by atoms with Crippen LogP contribution in [-0.4, -0.2) is 25.0 Å². The molecule has 22 heavy (non-hydrogen) atoms. The van der Waals surface area contributed by atoms with E-state index in [0.29, 0.717) is 17.3 Å². The molecule has 0 aromatic rings. The molecule has 2 rings (SSSR count). The molecule has 1 spiro atoms. The number of allylic oxidation sites excluding steroid dienone is 5. The SMILES string of the molecule is C=C(C1=C(/C(=C\C)C(C)C)CC2(CCN(C)CC2)C1)C(C)C. The average Bonchev–Trinajstić information content (AvgIpc) is 2.81. The summed E-state index contributed by atoms with van der Waals surface area (Å²) in [5.74, 6) is 1.16. The van der Waals surface area contributed by atoms with Crippen LogP contribution in [0.2, 0.25) is 0 Å². The van der Waals surface area contributed by atoms with Crippen LogP contribution < -0.4 is 0 Å². The van der Waals surface area contributed by atoms with Crippen molar-refractivity contribution in [2.45, 2.75) is 60.3 Å². The Hall–Kier alpha value is -0.820. The first-order valence-corrected chi connectivity index (χ1v) is 9.06. The van der Waals surface area contributed by atoms with Crippen molar-refractivity contribution < 1.29 is 0 Å². The molecule has 0 aromatic heterocycles. The molecule has 0 aromatic carbocycles. The molecule has 124 valence electrons. The van der Waals surface area contributed by atoms with E-state index in [1.54, 1.807) is 16.7 Å². The van der Waals surface area contributed by atoms with Crippen LogP contribution in [0.3, 0.4) is 0 Å². The zero-order valence-corrected chi connectivity index (χ0v) is 15.6. The summed E-state index contributed by atoms with van der Waals surface area (Å²) in [6, 6.07) is 0. The molecule has 1 heteroatoms. The Kier molecular flexibility index (Phi) is 5.37. The zero-order valence-electron chi connectivity index (χ0n) is 15.6. The summed E-state index contributed by atoms with van der Waals surface area (Å²) in [7, 11) is 2.26. The fraction of sp³-hybridized carbons (Fsp3) is 0.714. The monoisotopic (exact) mass is 301 g/mol. The predicted octanol–water partition coefficient (Wildman–Crippen LogP) is 5.60. The molecule has 0 bridgehead atoms. The summed E-state index contributed by atoms with van der Waals surface area (Å²) in [5.41, 5.74) is 6.69. The van der Waals surface area contributed by atoms with Gasteiger partial charge in [-0.3, -0.25) is 0 Å². The van der Waals surface area contributed by atoms with Gasteiger partial charge in [-0.25, -0.2) is 0 Å². The fourth-order valence-electron chi connectivity index (χ4n) is 4.26. The number of rotatable bonds is 4. The molecule has 2 aliphatic rings. The first kappa shape index (κ1) is 17.5. The van der Waals surface area contributed by atoms with Gasteiger partial charge < -0.3 is 4.90 Å². The Morgan fingerprint density at radius 1 is 1.05 bits per heavy atom. The van der Waals surface area contributed by atoms with Gasteiger partial charge in [0.2, 0.25) is 0 Å². The second-order valence-corrected chi connectivity index (χ2v) is 8.19. The molecule has 1 saturated heterocycles. The van der Waals surface area contributed by atoms with Crippen LogP contribution in [0.5, 0.6) is 0 Å². The summed E-state index contributed by atoms with van der Waals surface area (Å²) in [5, 5.41) is 0. The van der Waals surface area contributed by atoms with Crippen LogP contribution in [0.15, 0.2) is 34.9 Å². The standard InChI is InChI=1S/C21H35N/c1-8-18(16(4)5)20-14-21(9-11-22(7)12-10-21)13-19(20)17(6)15(2)3/h8,15-16H,6,9-14H2,1-5,7H3/b18-8-. The Bertz CT molecular complexity index is 482. The molecule has 1 heterocycles. The molecule has 0 unspecified atom stereocenters. The van der Waals surface area contributed by atoms with Crippen LogP contribution >= 0.6 is 0 Å². The Morgan fingerprint density at radius 3 is 2.05 bits per heavy atom. The summed E-state index contributed by atoms with van der Waals surface area (Å²) in [6.07, 6.45) is 7.58. The third-order valence-corrected chi connectivity index (χ3v) is 5.88. The molecule has 1 fully saturated rings. The fourth-order valence-corrected chi connectivity index (χ4v) is 4.26. The minimum absolute atomic E-state index is 0.512. The van der Waals surface area contributed by atoms with Crippen molar-refractivity contribution in [1.29, 1.82) is 0 Å². The lowest BCUT2D eigenvalue weighted by Crippen LogP contribution is -2.37. The summed E-state index contributed by atoms with van der Waals surface area (Å²) in [4.78, 5) is 2.49. The van der Waals surface area contributed by atoms with Gasteiger partial charge in [-0.2, -0.15) is 0 Å². The van der Waals surface area contributed by atoms with E-state index in [2.05, 4.69) is 59.2 Å². The van der Waals surface area contributed by atoms with Gasteiger partial charge in [0.1, 0.15) is 0 Å². The highest BCUT2D eigenvalue weighted by molar-refractivity contribution is 5.49. The molecular weight excluding hydrogens is 266 g/mol. The second-order valence-electron chi connectivity index (χ2n) is 8.19. The molecule has 1 nitrogen and oxygen atoms in total. The number of nitrogens with zero attached hydrogens (tertiary/aromatic N) is 1. The van der Waals surface area contributed by atoms with Crippen LogP contribution in [0.25, 0.3) is 0 Å². The van der Waals surface area contributed by atoms with Crippen LogP contribution in [0.4, 0.5) is 0 Å².